The molecule has 138 valence electrons. The molecule has 0 saturated carbocycles. The number of Topliss-reactive ketones (excluding diaryl/α,β-unsaturated/α-hetero) is 1. The van der Waals surface area contributed by atoms with E-state index in [1.54, 1.807) is 36.4 Å². The summed E-state index contributed by atoms with van der Waals surface area (Å²) in [5.41, 5.74) is 1.28. The van der Waals surface area contributed by atoms with Crippen LogP contribution in [0.3, 0.4) is 0 Å². The van der Waals surface area contributed by atoms with Gasteiger partial charge in [0.1, 0.15) is 12.4 Å². The number of ether oxygens (including phenoxy) is 1. The van der Waals surface area contributed by atoms with Crippen molar-refractivity contribution in [3.8, 4) is 5.75 Å². The van der Waals surface area contributed by atoms with E-state index in [0.717, 1.165) is 0 Å². The Morgan fingerprint density at radius 3 is 2.50 bits per heavy atom. The summed E-state index contributed by atoms with van der Waals surface area (Å²) in [7, 11) is 1.88. The molecule has 2 aromatic rings. The van der Waals surface area contributed by atoms with Crippen molar-refractivity contribution in [1.82, 2.24) is 4.90 Å². The molecule has 0 aromatic heterocycles. The smallest absolute Gasteiger partial charge is 0.221 e. The molecule has 0 heterocycles. The molecule has 6 heteroatoms. The molecule has 0 bridgehead atoms. The first-order valence-electron chi connectivity index (χ1n) is 8.37. The van der Waals surface area contributed by atoms with Gasteiger partial charge in [0.15, 0.2) is 5.78 Å². The van der Waals surface area contributed by atoms with Gasteiger partial charge in [0.25, 0.3) is 0 Å². The number of anilines is 1. The van der Waals surface area contributed by atoms with Gasteiger partial charge in [-0.3, -0.25) is 14.5 Å². The van der Waals surface area contributed by atoms with Gasteiger partial charge in [-0.05, 0) is 56.4 Å². The first-order chi connectivity index (χ1) is 12.4. The number of carbonyl (C=O) groups is 2. The highest BCUT2D eigenvalue weighted by Gasteiger charge is 2.19. The quantitative estimate of drug-likeness (QED) is 0.712. The second kappa shape index (κ2) is 9.36. The van der Waals surface area contributed by atoms with Gasteiger partial charge in [0.2, 0.25) is 5.91 Å². The highest BCUT2D eigenvalue weighted by atomic mass is 35.5. The second-order valence-electron chi connectivity index (χ2n) is 6.09. The van der Waals surface area contributed by atoms with E-state index in [2.05, 4.69) is 5.32 Å². The van der Waals surface area contributed by atoms with E-state index < -0.39 is 0 Å². The Bertz CT molecular complexity index is 762. The Labute approximate surface area is 158 Å². The lowest BCUT2D eigenvalue weighted by Gasteiger charge is -2.23. The minimum absolute atomic E-state index is 0.0182. The lowest BCUT2D eigenvalue weighted by molar-refractivity contribution is -0.114. The zero-order chi connectivity index (χ0) is 19.1. The van der Waals surface area contributed by atoms with Crippen LogP contribution in [-0.4, -0.2) is 42.8 Å². The standard InChI is InChI=1S/C20H23ClN2O3/c1-14(20(25)16-7-9-18(10-8-16)22-15(2)24)23(3)11-12-26-19-6-4-5-17(21)13-19/h4-10,13-14H,11-12H2,1-3H3,(H,22,24)/t14-/m1/s1. The molecule has 1 atom stereocenters. The molecule has 0 aliphatic heterocycles. The molecule has 0 unspecified atom stereocenters. The van der Waals surface area contributed by atoms with Crippen molar-refractivity contribution >= 4 is 29.0 Å². The van der Waals surface area contributed by atoms with Crippen LogP contribution >= 0.6 is 11.6 Å². The predicted molar refractivity (Wildman–Crippen MR) is 104 cm³/mol. The molecule has 0 fully saturated rings. The van der Waals surface area contributed by atoms with Gasteiger partial charge in [-0.25, -0.2) is 0 Å². The third-order valence-corrected chi connectivity index (χ3v) is 4.27. The molecule has 26 heavy (non-hydrogen) atoms. The van der Waals surface area contributed by atoms with Gasteiger partial charge in [-0.15, -0.1) is 0 Å². The lowest BCUT2D eigenvalue weighted by atomic mass is 10.0. The Morgan fingerprint density at radius 2 is 1.88 bits per heavy atom. The average Bonchev–Trinajstić information content (AvgIpc) is 2.60. The summed E-state index contributed by atoms with van der Waals surface area (Å²) in [6, 6.07) is 13.8. The third-order valence-electron chi connectivity index (χ3n) is 4.04. The Balaban J connectivity index is 1.87. The molecule has 2 rings (SSSR count). The van der Waals surface area contributed by atoms with Gasteiger partial charge in [-0.1, -0.05) is 17.7 Å². The summed E-state index contributed by atoms with van der Waals surface area (Å²) < 4.78 is 5.67. The minimum atomic E-state index is -0.287. The SMILES string of the molecule is CC(=O)Nc1ccc(C(=O)[C@@H](C)N(C)CCOc2cccc(Cl)c2)cc1. The van der Waals surface area contributed by atoms with E-state index in [0.29, 0.717) is 35.2 Å². The van der Waals surface area contributed by atoms with E-state index >= 15 is 0 Å². The first kappa shape index (κ1) is 19.9. The van der Waals surface area contributed by atoms with Crippen molar-refractivity contribution in [1.29, 1.82) is 0 Å². The number of halogens is 1. The maximum Gasteiger partial charge on any atom is 0.221 e. The summed E-state index contributed by atoms with van der Waals surface area (Å²) in [6.07, 6.45) is 0. The predicted octanol–water partition coefficient (Wildman–Crippen LogP) is 3.88. The van der Waals surface area contributed by atoms with Gasteiger partial charge < -0.3 is 10.1 Å². The molecular weight excluding hydrogens is 352 g/mol. The van der Waals surface area contributed by atoms with Crippen molar-refractivity contribution in [3.05, 3.63) is 59.1 Å². The number of benzene rings is 2. The zero-order valence-corrected chi connectivity index (χ0v) is 15.9. The van der Waals surface area contributed by atoms with Crippen LogP contribution in [0.1, 0.15) is 24.2 Å². The van der Waals surface area contributed by atoms with Gasteiger partial charge >= 0.3 is 0 Å². The van der Waals surface area contributed by atoms with Crippen LogP contribution in [0, 0.1) is 0 Å². The summed E-state index contributed by atoms with van der Waals surface area (Å²) >= 11 is 5.93. The monoisotopic (exact) mass is 374 g/mol. The molecule has 0 aliphatic carbocycles. The number of rotatable bonds is 8. The number of amides is 1. The topological polar surface area (TPSA) is 58.6 Å². The fraction of sp³-hybridized carbons (Fsp3) is 0.300. The molecule has 1 amide bonds. The van der Waals surface area contributed by atoms with Crippen molar-refractivity contribution < 1.29 is 14.3 Å². The molecule has 5 nitrogen and oxygen atoms in total. The Hall–Kier alpha value is -2.37. The molecule has 1 N–H and O–H groups in total. The van der Waals surface area contributed by atoms with Crippen molar-refractivity contribution in [2.45, 2.75) is 19.9 Å². The van der Waals surface area contributed by atoms with Crippen LogP contribution in [-0.2, 0) is 4.79 Å². The molecule has 0 aliphatic rings. The second-order valence-corrected chi connectivity index (χ2v) is 6.52. The highest BCUT2D eigenvalue weighted by Crippen LogP contribution is 2.17. The average molecular weight is 375 g/mol. The highest BCUT2D eigenvalue weighted by molar-refractivity contribution is 6.30. The minimum Gasteiger partial charge on any atom is -0.492 e. The summed E-state index contributed by atoms with van der Waals surface area (Å²) in [6.45, 7) is 4.37. The maximum absolute atomic E-state index is 12.6. The van der Waals surface area contributed by atoms with Crippen molar-refractivity contribution in [3.63, 3.8) is 0 Å². The van der Waals surface area contributed by atoms with Crippen molar-refractivity contribution in [2.75, 3.05) is 25.5 Å². The largest absolute Gasteiger partial charge is 0.492 e. The number of nitrogens with zero attached hydrogens (tertiary/aromatic N) is 1. The third kappa shape index (κ3) is 5.86. The fourth-order valence-electron chi connectivity index (χ4n) is 2.42. The van der Waals surface area contributed by atoms with Crippen LogP contribution in [0.2, 0.25) is 5.02 Å². The van der Waals surface area contributed by atoms with E-state index in [9.17, 15) is 9.59 Å². The van der Waals surface area contributed by atoms with Crippen LogP contribution in [0.15, 0.2) is 48.5 Å². The van der Waals surface area contributed by atoms with Gasteiger partial charge in [-0.2, -0.15) is 0 Å². The van der Waals surface area contributed by atoms with Gasteiger partial charge in [0, 0.05) is 29.7 Å². The summed E-state index contributed by atoms with van der Waals surface area (Å²) in [5, 5.41) is 3.31. The van der Waals surface area contributed by atoms with Crippen LogP contribution in [0.5, 0.6) is 5.75 Å². The van der Waals surface area contributed by atoms with Crippen LogP contribution in [0.25, 0.3) is 0 Å². The van der Waals surface area contributed by atoms with Crippen molar-refractivity contribution in [2.24, 2.45) is 0 Å². The maximum atomic E-state index is 12.6. The fourth-order valence-corrected chi connectivity index (χ4v) is 2.60. The number of hydrogen-bond acceptors (Lipinski definition) is 4. The van der Waals surface area contributed by atoms with E-state index in [1.807, 2.05) is 31.0 Å². The zero-order valence-electron chi connectivity index (χ0n) is 15.2. The number of likely N-dealkylation sites (N-methyl/N-ethyl adjacent to an activating group) is 1. The summed E-state index contributed by atoms with van der Waals surface area (Å²) in [4.78, 5) is 25.6. The van der Waals surface area contributed by atoms with Crippen LogP contribution in [0.4, 0.5) is 5.69 Å². The number of nitrogens with one attached hydrogen (secondary N) is 1. The lowest BCUT2D eigenvalue weighted by Crippen LogP contribution is -2.38. The number of carbonyl (C=O) groups excluding carboxylic acids is 2. The number of ketones is 1. The Morgan fingerprint density at radius 1 is 1.19 bits per heavy atom. The number of hydrogen-bond donors (Lipinski definition) is 1. The first-order valence-corrected chi connectivity index (χ1v) is 8.75. The summed E-state index contributed by atoms with van der Waals surface area (Å²) in [5.74, 6) is 0.583. The molecule has 0 saturated heterocycles. The Kier molecular flexibility index (Phi) is 7.18. The normalized spacial score (nSPS) is 11.9. The molecule has 0 radical (unpaired) electrons. The van der Waals surface area contributed by atoms with E-state index in [-0.39, 0.29) is 17.7 Å². The van der Waals surface area contributed by atoms with E-state index in [4.69, 9.17) is 16.3 Å². The van der Waals surface area contributed by atoms with Crippen LogP contribution < -0.4 is 10.1 Å². The van der Waals surface area contributed by atoms with E-state index in [1.165, 1.54) is 6.92 Å². The molecule has 0 spiro atoms. The molecule has 2 aromatic carbocycles. The molecular formula is C20H23ClN2O3. The van der Waals surface area contributed by atoms with Gasteiger partial charge in [0.05, 0.1) is 6.04 Å².